The van der Waals surface area contributed by atoms with Crippen LogP contribution in [-0.4, -0.2) is 66.9 Å². The van der Waals surface area contributed by atoms with E-state index in [0.717, 1.165) is 26.2 Å². The first-order valence-corrected chi connectivity index (χ1v) is 8.15. The predicted octanol–water partition coefficient (Wildman–Crippen LogP) is 1.63. The van der Waals surface area contributed by atoms with Gasteiger partial charge in [0.15, 0.2) is 0 Å². The molecule has 0 N–H and O–H groups in total. The molecule has 1 saturated heterocycles. The van der Waals surface area contributed by atoms with Crippen LogP contribution in [0.15, 0.2) is 30.3 Å². The van der Waals surface area contributed by atoms with Crippen LogP contribution in [0.1, 0.15) is 19.4 Å². The molecule has 1 aromatic carbocycles. The molecule has 2 rings (SSSR count). The summed E-state index contributed by atoms with van der Waals surface area (Å²) in [4.78, 5) is 18.9. The number of amides is 1. The quantitative estimate of drug-likeness (QED) is 0.773. The highest BCUT2D eigenvalue weighted by Gasteiger charge is 2.29. The molecule has 1 aliphatic heterocycles. The van der Waals surface area contributed by atoms with E-state index in [9.17, 15) is 4.79 Å². The first-order chi connectivity index (χ1) is 10.9. The van der Waals surface area contributed by atoms with Gasteiger partial charge >= 0.3 is 0 Å². The molecule has 124 valence electrons. The first kappa shape index (κ1) is 17.5. The predicted molar refractivity (Wildman–Crippen MR) is 94.0 cm³/mol. The van der Waals surface area contributed by atoms with Crippen LogP contribution in [0.2, 0.25) is 0 Å². The Bertz CT molecular complexity index is 554. The smallest absolute Gasteiger partial charge is 0.236 e. The van der Waals surface area contributed by atoms with Crippen LogP contribution < -0.4 is 0 Å². The molecule has 0 spiro atoms. The summed E-state index contributed by atoms with van der Waals surface area (Å²) in [6.07, 6.45) is 5.34. The number of terminal acetylenes is 1. The highest BCUT2D eigenvalue weighted by atomic mass is 16.2. The Hall–Kier alpha value is -1.83. The second-order valence-electron chi connectivity index (χ2n) is 6.64. The van der Waals surface area contributed by atoms with Crippen LogP contribution in [-0.2, 0) is 10.3 Å². The second kappa shape index (κ2) is 7.63. The topological polar surface area (TPSA) is 26.8 Å². The molecule has 0 radical (unpaired) electrons. The third-order valence-corrected chi connectivity index (χ3v) is 4.85. The Labute approximate surface area is 140 Å². The fourth-order valence-corrected chi connectivity index (χ4v) is 2.85. The summed E-state index contributed by atoms with van der Waals surface area (Å²) >= 11 is 0. The lowest BCUT2D eigenvalue weighted by Gasteiger charge is -2.39. The van der Waals surface area contributed by atoms with Gasteiger partial charge in [0, 0.05) is 31.7 Å². The molecule has 1 aromatic rings. The largest absolute Gasteiger partial charge is 0.339 e. The minimum atomic E-state index is -0.178. The van der Waals surface area contributed by atoms with Crippen molar-refractivity contribution in [3.05, 3.63) is 35.9 Å². The van der Waals surface area contributed by atoms with Gasteiger partial charge in [0.2, 0.25) is 5.91 Å². The molecule has 0 bridgehead atoms. The Morgan fingerprint density at radius 3 is 2.39 bits per heavy atom. The first-order valence-electron chi connectivity index (χ1n) is 8.15. The van der Waals surface area contributed by atoms with Crippen molar-refractivity contribution < 1.29 is 4.79 Å². The van der Waals surface area contributed by atoms with E-state index in [2.05, 4.69) is 41.7 Å². The van der Waals surface area contributed by atoms with Crippen molar-refractivity contribution in [2.24, 2.45) is 0 Å². The van der Waals surface area contributed by atoms with Crippen molar-refractivity contribution in [1.29, 1.82) is 0 Å². The van der Waals surface area contributed by atoms with Gasteiger partial charge in [0.05, 0.1) is 13.1 Å². The van der Waals surface area contributed by atoms with Crippen LogP contribution in [0, 0.1) is 12.3 Å². The minimum Gasteiger partial charge on any atom is -0.339 e. The van der Waals surface area contributed by atoms with Crippen molar-refractivity contribution in [1.82, 2.24) is 14.7 Å². The lowest BCUT2D eigenvalue weighted by Crippen LogP contribution is -2.52. The maximum Gasteiger partial charge on any atom is 0.236 e. The number of carbonyl (C=O) groups excluding carboxylic acids is 1. The number of hydrogen-bond acceptors (Lipinski definition) is 3. The molecule has 0 aliphatic carbocycles. The highest BCUT2D eigenvalue weighted by molar-refractivity contribution is 5.78. The molecule has 0 aromatic heterocycles. The number of hydrogen-bond donors (Lipinski definition) is 0. The fraction of sp³-hybridized carbons (Fsp3) is 0.526. The van der Waals surface area contributed by atoms with Gasteiger partial charge in [-0.3, -0.25) is 14.6 Å². The Kier molecular flexibility index (Phi) is 5.81. The molecule has 0 saturated carbocycles. The third-order valence-electron chi connectivity index (χ3n) is 4.85. The van der Waals surface area contributed by atoms with E-state index < -0.39 is 0 Å². The van der Waals surface area contributed by atoms with E-state index in [0.29, 0.717) is 13.1 Å². The highest BCUT2D eigenvalue weighted by Crippen LogP contribution is 2.26. The molecule has 4 heteroatoms. The molecule has 1 fully saturated rings. The second-order valence-corrected chi connectivity index (χ2v) is 6.64. The van der Waals surface area contributed by atoms with Gasteiger partial charge in [-0.05, 0) is 26.5 Å². The summed E-state index contributed by atoms with van der Waals surface area (Å²) < 4.78 is 0. The van der Waals surface area contributed by atoms with E-state index in [1.54, 1.807) is 0 Å². The lowest BCUT2D eigenvalue weighted by atomic mass is 9.92. The monoisotopic (exact) mass is 313 g/mol. The van der Waals surface area contributed by atoms with Gasteiger partial charge in [-0.2, -0.15) is 0 Å². The number of piperazine rings is 1. The molecular weight excluding hydrogens is 286 g/mol. The van der Waals surface area contributed by atoms with Gasteiger partial charge in [-0.1, -0.05) is 36.3 Å². The lowest BCUT2D eigenvalue weighted by molar-refractivity contribution is -0.135. The average molecular weight is 313 g/mol. The SMILES string of the molecule is C#CCN1CCN(C(=O)CN(C)C(C)(C)c2ccccc2)CC1. The molecule has 1 heterocycles. The van der Waals surface area contributed by atoms with E-state index in [4.69, 9.17) is 6.42 Å². The maximum atomic E-state index is 12.6. The number of likely N-dealkylation sites (N-methyl/N-ethyl adjacent to an activating group) is 1. The normalized spacial score (nSPS) is 16.4. The van der Waals surface area contributed by atoms with E-state index in [-0.39, 0.29) is 11.4 Å². The van der Waals surface area contributed by atoms with Crippen LogP contribution in [0.3, 0.4) is 0 Å². The van der Waals surface area contributed by atoms with Gasteiger partial charge < -0.3 is 4.90 Å². The minimum absolute atomic E-state index is 0.178. The summed E-state index contributed by atoms with van der Waals surface area (Å²) in [5, 5.41) is 0. The number of benzene rings is 1. The molecule has 1 aliphatic rings. The van der Waals surface area contributed by atoms with Crippen LogP contribution in [0.5, 0.6) is 0 Å². The van der Waals surface area contributed by atoms with Crippen molar-refractivity contribution in [2.75, 3.05) is 46.3 Å². The number of carbonyl (C=O) groups is 1. The summed E-state index contributed by atoms with van der Waals surface area (Å²) in [6, 6.07) is 10.3. The molecule has 1 amide bonds. The zero-order valence-electron chi connectivity index (χ0n) is 14.5. The zero-order chi connectivity index (χ0) is 16.9. The average Bonchev–Trinajstić information content (AvgIpc) is 2.56. The Morgan fingerprint density at radius 1 is 1.22 bits per heavy atom. The summed E-state index contributed by atoms with van der Waals surface area (Å²) in [5.74, 6) is 2.86. The van der Waals surface area contributed by atoms with Crippen molar-refractivity contribution in [3.8, 4) is 12.3 Å². The van der Waals surface area contributed by atoms with Crippen LogP contribution in [0.25, 0.3) is 0 Å². The van der Waals surface area contributed by atoms with Gasteiger partial charge in [-0.25, -0.2) is 0 Å². The standard InChI is InChI=1S/C19H27N3O/c1-5-11-21-12-14-22(15-13-21)18(23)16-20(4)19(2,3)17-9-7-6-8-10-17/h1,6-10H,11-16H2,2-4H3. The van der Waals surface area contributed by atoms with E-state index >= 15 is 0 Å². The van der Waals surface area contributed by atoms with E-state index in [1.165, 1.54) is 5.56 Å². The molecular formula is C19H27N3O. The van der Waals surface area contributed by atoms with Crippen molar-refractivity contribution >= 4 is 5.91 Å². The summed E-state index contributed by atoms with van der Waals surface area (Å²) in [5.41, 5.74) is 1.04. The third kappa shape index (κ3) is 4.34. The fourth-order valence-electron chi connectivity index (χ4n) is 2.85. The van der Waals surface area contributed by atoms with Crippen molar-refractivity contribution in [3.63, 3.8) is 0 Å². The zero-order valence-corrected chi connectivity index (χ0v) is 14.5. The molecule has 4 nitrogen and oxygen atoms in total. The van der Waals surface area contributed by atoms with Gasteiger partial charge in [-0.15, -0.1) is 6.42 Å². The van der Waals surface area contributed by atoms with E-state index in [1.807, 2.05) is 30.1 Å². The van der Waals surface area contributed by atoms with Gasteiger partial charge in [0.1, 0.15) is 0 Å². The number of rotatable bonds is 5. The van der Waals surface area contributed by atoms with Crippen LogP contribution in [0.4, 0.5) is 0 Å². The Balaban J connectivity index is 1.91. The van der Waals surface area contributed by atoms with Crippen molar-refractivity contribution in [2.45, 2.75) is 19.4 Å². The molecule has 0 atom stereocenters. The maximum absolute atomic E-state index is 12.6. The summed E-state index contributed by atoms with van der Waals surface area (Å²) in [6.45, 7) is 8.66. The Morgan fingerprint density at radius 2 is 1.83 bits per heavy atom. The van der Waals surface area contributed by atoms with Crippen LogP contribution >= 0.6 is 0 Å². The number of nitrogens with zero attached hydrogens (tertiary/aromatic N) is 3. The van der Waals surface area contributed by atoms with Gasteiger partial charge in [0.25, 0.3) is 0 Å². The molecule has 0 unspecified atom stereocenters. The molecule has 23 heavy (non-hydrogen) atoms. The summed E-state index contributed by atoms with van der Waals surface area (Å²) in [7, 11) is 2.01.